The van der Waals surface area contributed by atoms with Gasteiger partial charge in [0.2, 0.25) is 0 Å². The van der Waals surface area contributed by atoms with Crippen molar-refractivity contribution in [2.24, 2.45) is 5.92 Å². The first kappa shape index (κ1) is 11.6. The van der Waals surface area contributed by atoms with Crippen LogP contribution in [0.1, 0.15) is 37.5 Å². The third-order valence-corrected chi connectivity index (χ3v) is 5.02. The molecule has 1 N–H and O–H groups in total. The van der Waals surface area contributed by atoms with Crippen molar-refractivity contribution in [3.63, 3.8) is 0 Å². The van der Waals surface area contributed by atoms with Crippen molar-refractivity contribution in [3.8, 4) is 0 Å². The maximum Gasteiger partial charge on any atom is 0.0302 e. The van der Waals surface area contributed by atoms with Gasteiger partial charge < -0.3 is 5.32 Å². The lowest BCUT2D eigenvalue weighted by Crippen LogP contribution is -2.31. The van der Waals surface area contributed by atoms with E-state index in [2.05, 4.69) is 39.6 Å². The summed E-state index contributed by atoms with van der Waals surface area (Å²) in [6.07, 6.45) is 5.70. The van der Waals surface area contributed by atoms with Gasteiger partial charge in [0, 0.05) is 27.3 Å². The third-order valence-electron chi connectivity index (χ3n) is 3.33. The molecule has 15 heavy (non-hydrogen) atoms. The van der Waals surface area contributed by atoms with Crippen LogP contribution < -0.4 is 5.32 Å². The summed E-state index contributed by atoms with van der Waals surface area (Å²) in [5.74, 6) is 0.911. The predicted octanol–water partition coefficient (Wildman–Crippen LogP) is 4.18. The van der Waals surface area contributed by atoms with E-state index in [9.17, 15) is 0 Å². The molecule has 1 aliphatic rings. The zero-order valence-corrected chi connectivity index (χ0v) is 11.5. The maximum atomic E-state index is 3.64. The Labute approximate surface area is 104 Å². The summed E-state index contributed by atoms with van der Waals surface area (Å²) in [5.41, 5.74) is 0. The predicted molar refractivity (Wildman–Crippen MR) is 70.3 cm³/mol. The second kappa shape index (κ2) is 5.46. The molecule has 0 aliphatic heterocycles. The highest BCUT2D eigenvalue weighted by atomic mass is 79.9. The van der Waals surface area contributed by atoms with Crippen molar-refractivity contribution >= 4 is 27.3 Å². The van der Waals surface area contributed by atoms with Gasteiger partial charge in [-0.05, 0) is 47.7 Å². The van der Waals surface area contributed by atoms with E-state index < -0.39 is 0 Å². The SMILES string of the molecule is CC(NCc1cc(Br)cs1)C1CCCC1. The lowest BCUT2D eigenvalue weighted by Gasteiger charge is -2.19. The van der Waals surface area contributed by atoms with E-state index in [0.29, 0.717) is 6.04 Å². The molecular formula is C12H18BrNS. The number of rotatable bonds is 4. The fraction of sp³-hybridized carbons (Fsp3) is 0.667. The number of hydrogen-bond acceptors (Lipinski definition) is 2. The van der Waals surface area contributed by atoms with Crippen molar-refractivity contribution in [1.82, 2.24) is 5.32 Å². The Morgan fingerprint density at radius 1 is 1.53 bits per heavy atom. The minimum Gasteiger partial charge on any atom is -0.309 e. The van der Waals surface area contributed by atoms with Crippen LogP contribution in [-0.2, 0) is 6.54 Å². The summed E-state index contributed by atoms with van der Waals surface area (Å²) in [4.78, 5) is 1.42. The van der Waals surface area contributed by atoms with Gasteiger partial charge in [-0.2, -0.15) is 0 Å². The average molecular weight is 288 g/mol. The summed E-state index contributed by atoms with van der Waals surface area (Å²) >= 11 is 5.31. The maximum absolute atomic E-state index is 3.64. The van der Waals surface area contributed by atoms with Gasteiger partial charge in [0.05, 0.1) is 0 Å². The zero-order valence-electron chi connectivity index (χ0n) is 9.13. The van der Waals surface area contributed by atoms with Gasteiger partial charge in [0.1, 0.15) is 0 Å². The van der Waals surface area contributed by atoms with E-state index in [0.717, 1.165) is 12.5 Å². The Morgan fingerprint density at radius 2 is 2.27 bits per heavy atom. The Bertz CT molecular complexity index is 304. The summed E-state index contributed by atoms with van der Waals surface area (Å²) in [7, 11) is 0. The molecule has 2 rings (SSSR count). The quantitative estimate of drug-likeness (QED) is 0.876. The molecule has 1 aliphatic carbocycles. The second-order valence-corrected chi connectivity index (χ2v) is 6.36. The molecule has 0 aromatic carbocycles. The minimum atomic E-state index is 0.674. The molecule has 0 amide bonds. The van der Waals surface area contributed by atoms with E-state index >= 15 is 0 Å². The third kappa shape index (κ3) is 3.30. The normalized spacial score (nSPS) is 19.6. The van der Waals surface area contributed by atoms with Crippen LogP contribution in [0.2, 0.25) is 0 Å². The van der Waals surface area contributed by atoms with Gasteiger partial charge in [-0.25, -0.2) is 0 Å². The van der Waals surface area contributed by atoms with Crippen LogP contribution in [0.4, 0.5) is 0 Å². The highest BCUT2D eigenvalue weighted by Gasteiger charge is 2.20. The van der Waals surface area contributed by atoms with Crippen LogP contribution in [0.5, 0.6) is 0 Å². The average Bonchev–Trinajstić information content (AvgIpc) is 2.84. The highest BCUT2D eigenvalue weighted by molar-refractivity contribution is 9.10. The molecule has 1 aromatic rings. The van der Waals surface area contributed by atoms with Crippen LogP contribution >= 0.6 is 27.3 Å². The van der Waals surface area contributed by atoms with Crippen molar-refractivity contribution in [2.45, 2.75) is 45.2 Å². The van der Waals surface area contributed by atoms with Gasteiger partial charge in [-0.15, -0.1) is 11.3 Å². The van der Waals surface area contributed by atoms with Crippen molar-refractivity contribution in [2.75, 3.05) is 0 Å². The molecule has 1 nitrogen and oxygen atoms in total. The summed E-state index contributed by atoms with van der Waals surface area (Å²) in [6.45, 7) is 3.35. The first-order valence-corrected chi connectivity index (χ1v) is 7.39. The first-order valence-electron chi connectivity index (χ1n) is 5.72. The Hall–Kier alpha value is 0.140. The molecular weight excluding hydrogens is 270 g/mol. The van der Waals surface area contributed by atoms with Crippen LogP contribution in [0.3, 0.4) is 0 Å². The van der Waals surface area contributed by atoms with E-state index in [1.165, 1.54) is 35.0 Å². The summed E-state index contributed by atoms with van der Waals surface area (Å²) in [5, 5.41) is 5.79. The number of thiophene rings is 1. The highest BCUT2D eigenvalue weighted by Crippen LogP contribution is 2.28. The fourth-order valence-electron chi connectivity index (χ4n) is 2.33. The molecule has 1 heterocycles. The standard InChI is InChI=1S/C12H18BrNS/c1-9(10-4-2-3-5-10)14-7-12-6-11(13)8-15-12/h6,8-10,14H,2-5,7H2,1H3. The van der Waals surface area contributed by atoms with Gasteiger partial charge in [0.25, 0.3) is 0 Å². The Morgan fingerprint density at radius 3 is 2.87 bits per heavy atom. The zero-order chi connectivity index (χ0) is 10.7. The topological polar surface area (TPSA) is 12.0 Å². The molecule has 1 unspecified atom stereocenters. The molecule has 3 heteroatoms. The van der Waals surface area contributed by atoms with Gasteiger partial charge in [0.15, 0.2) is 0 Å². The molecule has 1 fully saturated rings. The van der Waals surface area contributed by atoms with Crippen molar-refractivity contribution in [1.29, 1.82) is 0 Å². The Kier molecular flexibility index (Phi) is 4.23. The second-order valence-electron chi connectivity index (χ2n) is 4.45. The van der Waals surface area contributed by atoms with Crippen LogP contribution in [-0.4, -0.2) is 6.04 Å². The van der Waals surface area contributed by atoms with Gasteiger partial charge in [-0.1, -0.05) is 12.8 Å². The molecule has 0 bridgehead atoms. The van der Waals surface area contributed by atoms with E-state index in [1.54, 1.807) is 0 Å². The van der Waals surface area contributed by atoms with Crippen molar-refractivity contribution < 1.29 is 0 Å². The van der Waals surface area contributed by atoms with Gasteiger partial charge in [-0.3, -0.25) is 0 Å². The molecule has 1 aromatic heterocycles. The number of nitrogens with one attached hydrogen (secondary N) is 1. The lowest BCUT2D eigenvalue weighted by atomic mass is 10.00. The van der Waals surface area contributed by atoms with Gasteiger partial charge >= 0.3 is 0 Å². The smallest absolute Gasteiger partial charge is 0.0302 e. The van der Waals surface area contributed by atoms with E-state index in [-0.39, 0.29) is 0 Å². The van der Waals surface area contributed by atoms with E-state index in [1.807, 2.05) is 11.3 Å². The number of halogens is 1. The minimum absolute atomic E-state index is 0.674. The first-order chi connectivity index (χ1) is 7.25. The van der Waals surface area contributed by atoms with Crippen LogP contribution in [0.15, 0.2) is 15.9 Å². The number of hydrogen-bond donors (Lipinski definition) is 1. The molecule has 0 spiro atoms. The fourth-order valence-corrected chi connectivity index (χ4v) is 3.73. The Balaban J connectivity index is 1.77. The molecule has 84 valence electrons. The largest absolute Gasteiger partial charge is 0.309 e. The van der Waals surface area contributed by atoms with Crippen molar-refractivity contribution in [3.05, 3.63) is 20.8 Å². The molecule has 1 atom stereocenters. The lowest BCUT2D eigenvalue weighted by molar-refractivity contribution is 0.381. The summed E-state index contributed by atoms with van der Waals surface area (Å²) in [6, 6.07) is 2.88. The molecule has 0 radical (unpaired) electrons. The molecule has 1 saturated carbocycles. The van der Waals surface area contributed by atoms with Crippen LogP contribution in [0.25, 0.3) is 0 Å². The van der Waals surface area contributed by atoms with Crippen LogP contribution in [0, 0.1) is 5.92 Å². The summed E-state index contributed by atoms with van der Waals surface area (Å²) < 4.78 is 1.21. The molecule has 0 saturated heterocycles. The monoisotopic (exact) mass is 287 g/mol. The van der Waals surface area contributed by atoms with E-state index in [4.69, 9.17) is 0 Å².